The van der Waals surface area contributed by atoms with Crippen LogP contribution in [-0.4, -0.2) is 54.7 Å². The molecule has 0 fully saturated rings. The quantitative estimate of drug-likeness (QED) is 0.542. The molecule has 0 amide bonds. The maximum Gasteiger partial charge on any atom is 0.261 e. The molecule has 4 rings (SSSR count). The van der Waals surface area contributed by atoms with Gasteiger partial charge in [0.1, 0.15) is 0 Å². The largest absolute Gasteiger partial charge is 0.315 e. The number of pyridine rings is 2. The fourth-order valence-corrected chi connectivity index (χ4v) is 2.92. The number of nitrogens with zero attached hydrogens (tertiary/aromatic N) is 7. The number of aryl methyl sites for hydroxylation is 1. The zero-order valence-corrected chi connectivity index (χ0v) is 14.7. The number of rotatable bonds is 5. The third-order valence-electron chi connectivity index (χ3n) is 4.25. The Balaban J connectivity index is 1.77. The lowest BCUT2D eigenvalue weighted by Gasteiger charge is -2.11. The van der Waals surface area contributed by atoms with Crippen LogP contribution < -0.4 is 5.56 Å². The van der Waals surface area contributed by atoms with Crippen LogP contribution >= 0.6 is 0 Å². The van der Waals surface area contributed by atoms with Gasteiger partial charge in [-0.3, -0.25) is 9.78 Å². The molecule has 132 valence electrons. The highest BCUT2D eigenvalue weighted by atomic mass is 16.1. The summed E-state index contributed by atoms with van der Waals surface area (Å²) in [5, 5.41) is 5.07. The summed E-state index contributed by atoms with van der Waals surface area (Å²) in [6, 6.07) is 5.58. The first-order valence-corrected chi connectivity index (χ1v) is 8.43. The summed E-state index contributed by atoms with van der Waals surface area (Å²) in [6.07, 6.45) is 7.69. The van der Waals surface area contributed by atoms with Crippen molar-refractivity contribution in [1.29, 1.82) is 0 Å². The second kappa shape index (κ2) is 6.64. The standard InChI is InChI=1S/C18H19N7O/c1-23(2)9-3-10-24-11-6-15-14(17(24)26)12-20-18-21-16(22-25(15)18)13-4-7-19-8-5-13/h4-8,11-12H,3,9-10H2,1-2H3. The summed E-state index contributed by atoms with van der Waals surface area (Å²) in [5.41, 5.74) is 1.50. The monoisotopic (exact) mass is 349 g/mol. The molecular formula is C18H19N7O. The minimum absolute atomic E-state index is 0.0587. The number of fused-ring (bicyclic) bond motifs is 3. The van der Waals surface area contributed by atoms with Crippen LogP contribution in [0.4, 0.5) is 0 Å². The van der Waals surface area contributed by atoms with Gasteiger partial charge in [0.15, 0.2) is 5.82 Å². The molecule has 0 aromatic carbocycles. The Hall–Kier alpha value is -3.13. The third kappa shape index (κ3) is 2.95. The van der Waals surface area contributed by atoms with Crippen molar-refractivity contribution in [2.45, 2.75) is 13.0 Å². The summed E-state index contributed by atoms with van der Waals surface area (Å²) in [5.74, 6) is 1.02. The topological polar surface area (TPSA) is 81.2 Å². The van der Waals surface area contributed by atoms with Crippen LogP contribution in [0.5, 0.6) is 0 Å². The van der Waals surface area contributed by atoms with Crippen molar-refractivity contribution in [1.82, 2.24) is 34.0 Å². The van der Waals surface area contributed by atoms with Gasteiger partial charge in [0.25, 0.3) is 11.3 Å². The molecule has 0 radical (unpaired) electrons. The second-order valence-electron chi connectivity index (χ2n) is 6.41. The molecule has 8 nitrogen and oxygen atoms in total. The van der Waals surface area contributed by atoms with E-state index < -0.39 is 0 Å². The van der Waals surface area contributed by atoms with Gasteiger partial charge in [-0.15, -0.1) is 5.10 Å². The highest BCUT2D eigenvalue weighted by Crippen LogP contribution is 2.17. The van der Waals surface area contributed by atoms with Gasteiger partial charge in [0, 0.05) is 36.9 Å². The lowest BCUT2D eigenvalue weighted by atomic mass is 10.3. The van der Waals surface area contributed by atoms with Crippen molar-refractivity contribution < 1.29 is 0 Å². The van der Waals surface area contributed by atoms with Crippen LogP contribution in [-0.2, 0) is 6.54 Å². The highest BCUT2D eigenvalue weighted by Gasteiger charge is 2.12. The SMILES string of the molecule is CN(C)CCCn1ccc2c(cnc3nc(-c4ccncc4)nn32)c1=O. The maximum absolute atomic E-state index is 12.8. The van der Waals surface area contributed by atoms with Gasteiger partial charge in [0.2, 0.25) is 0 Å². The Labute approximate surface area is 149 Å². The molecule has 4 aromatic rings. The van der Waals surface area contributed by atoms with E-state index in [2.05, 4.69) is 25.0 Å². The summed E-state index contributed by atoms with van der Waals surface area (Å²) in [7, 11) is 4.05. The van der Waals surface area contributed by atoms with Crippen molar-refractivity contribution >= 4 is 16.7 Å². The number of hydrogen-bond acceptors (Lipinski definition) is 6. The van der Waals surface area contributed by atoms with E-state index in [-0.39, 0.29) is 5.56 Å². The van der Waals surface area contributed by atoms with Gasteiger partial charge in [0.05, 0.1) is 10.9 Å². The molecule has 0 saturated carbocycles. The molecule has 0 saturated heterocycles. The van der Waals surface area contributed by atoms with E-state index >= 15 is 0 Å². The van der Waals surface area contributed by atoms with Crippen molar-refractivity contribution in [3.05, 3.63) is 53.3 Å². The molecular weight excluding hydrogens is 330 g/mol. The zero-order chi connectivity index (χ0) is 18.1. The van der Waals surface area contributed by atoms with Crippen molar-refractivity contribution in [2.75, 3.05) is 20.6 Å². The normalized spacial score (nSPS) is 11.7. The molecule has 0 aliphatic rings. The van der Waals surface area contributed by atoms with Crippen molar-refractivity contribution in [3.8, 4) is 11.4 Å². The van der Waals surface area contributed by atoms with Crippen LogP contribution in [0.2, 0.25) is 0 Å². The first-order chi connectivity index (χ1) is 12.6. The minimum atomic E-state index is -0.0587. The molecule has 8 heteroatoms. The summed E-state index contributed by atoms with van der Waals surface area (Å²) in [4.78, 5) is 27.6. The Morgan fingerprint density at radius 2 is 1.96 bits per heavy atom. The smallest absolute Gasteiger partial charge is 0.261 e. The Morgan fingerprint density at radius 1 is 1.15 bits per heavy atom. The molecule has 0 N–H and O–H groups in total. The van der Waals surface area contributed by atoms with E-state index in [4.69, 9.17) is 0 Å². The molecule has 0 aliphatic carbocycles. The molecule has 0 bridgehead atoms. The average Bonchev–Trinajstić information content (AvgIpc) is 3.09. The predicted octanol–water partition coefficient (Wildman–Crippen LogP) is 1.45. The third-order valence-corrected chi connectivity index (χ3v) is 4.25. The van der Waals surface area contributed by atoms with Gasteiger partial charge < -0.3 is 9.47 Å². The first-order valence-electron chi connectivity index (χ1n) is 8.43. The Bertz CT molecular complexity index is 1120. The van der Waals surface area contributed by atoms with E-state index in [1.165, 1.54) is 0 Å². The van der Waals surface area contributed by atoms with E-state index in [9.17, 15) is 4.79 Å². The van der Waals surface area contributed by atoms with Crippen molar-refractivity contribution in [2.24, 2.45) is 0 Å². The number of hydrogen-bond donors (Lipinski definition) is 0. The zero-order valence-electron chi connectivity index (χ0n) is 14.7. The molecule has 0 atom stereocenters. The van der Waals surface area contributed by atoms with Gasteiger partial charge >= 0.3 is 0 Å². The fourth-order valence-electron chi connectivity index (χ4n) is 2.92. The molecule has 4 aromatic heterocycles. The summed E-state index contributed by atoms with van der Waals surface area (Å²) < 4.78 is 3.34. The second-order valence-corrected chi connectivity index (χ2v) is 6.41. The lowest BCUT2D eigenvalue weighted by Crippen LogP contribution is -2.23. The van der Waals surface area contributed by atoms with Crippen LogP contribution in [0.15, 0.2) is 47.8 Å². The minimum Gasteiger partial charge on any atom is -0.315 e. The molecule has 0 aliphatic heterocycles. The van der Waals surface area contributed by atoms with Gasteiger partial charge in [-0.2, -0.15) is 9.50 Å². The average molecular weight is 349 g/mol. The highest BCUT2D eigenvalue weighted by molar-refractivity contribution is 5.79. The molecule has 0 unspecified atom stereocenters. The lowest BCUT2D eigenvalue weighted by molar-refractivity contribution is 0.385. The van der Waals surface area contributed by atoms with Crippen LogP contribution in [0.25, 0.3) is 28.1 Å². The van der Waals surface area contributed by atoms with E-state index in [0.29, 0.717) is 29.0 Å². The number of aromatic nitrogens is 6. The maximum atomic E-state index is 12.8. The van der Waals surface area contributed by atoms with Gasteiger partial charge in [-0.05, 0) is 45.3 Å². The van der Waals surface area contributed by atoms with E-state index in [1.807, 2.05) is 38.5 Å². The van der Waals surface area contributed by atoms with Crippen LogP contribution in [0.1, 0.15) is 6.42 Å². The van der Waals surface area contributed by atoms with Crippen LogP contribution in [0, 0.1) is 0 Å². The van der Waals surface area contributed by atoms with E-state index in [1.54, 1.807) is 27.7 Å². The first kappa shape index (κ1) is 16.3. The summed E-state index contributed by atoms with van der Waals surface area (Å²) >= 11 is 0. The fraction of sp³-hybridized carbons (Fsp3) is 0.278. The molecule has 26 heavy (non-hydrogen) atoms. The van der Waals surface area contributed by atoms with E-state index in [0.717, 1.165) is 18.5 Å². The Morgan fingerprint density at radius 3 is 2.73 bits per heavy atom. The van der Waals surface area contributed by atoms with Crippen molar-refractivity contribution in [3.63, 3.8) is 0 Å². The van der Waals surface area contributed by atoms with Gasteiger partial charge in [-0.25, -0.2) is 4.98 Å². The molecule has 0 spiro atoms. The van der Waals surface area contributed by atoms with Crippen LogP contribution in [0.3, 0.4) is 0 Å². The predicted molar refractivity (Wildman–Crippen MR) is 99.0 cm³/mol. The summed E-state index contributed by atoms with van der Waals surface area (Å²) in [6.45, 7) is 1.60. The van der Waals surface area contributed by atoms with Gasteiger partial charge in [-0.1, -0.05) is 0 Å². The molecule has 4 heterocycles. The Kier molecular flexibility index (Phi) is 4.18.